The van der Waals surface area contributed by atoms with E-state index >= 15 is 0 Å². The van der Waals surface area contributed by atoms with E-state index in [-0.39, 0.29) is 12.5 Å². The Morgan fingerprint density at radius 3 is 2.56 bits per heavy atom. The van der Waals surface area contributed by atoms with Crippen molar-refractivity contribution >= 4 is 5.91 Å². The Hall–Kier alpha value is -2.95. The number of carbonyl (C=O) groups is 1. The van der Waals surface area contributed by atoms with Gasteiger partial charge in [0.25, 0.3) is 5.91 Å². The Morgan fingerprint density at radius 2 is 1.84 bits per heavy atom. The second-order valence-electron chi connectivity index (χ2n) is 5.36. The van der Waals surface area contributed by atoms with Gasteiger partial charge in [-0.1, -0.05) is 30.3 Å². The van der Waals surface area contributed by atoms with Gasteiger partial charge in [0.15, 0.2) is 18.1 Å². The maximum absolute atomic E-state index is 12.0. The molecule has 0 atom stereocenters. The zero-order valence-electron chi connectivity index (χ0n) is 14.6. The van der Waals surface area contributed by atoms with Gasteiger partial charge in [-0.15, -0.1) is 6.58 Å². The molecule has 0 heterocycles. The van der Waals surface area contributed by atoms with Crippen LogP contribution in [0.2, 0.25) is 0 Å². The number of para-hydroxylation sites is 1. The number of hydrogen-bond acceptors (Lipinski definition) is 4. The minimum Gasteiger partial charge on any atom is -0.496 e. The second-order valence-corrected chi connectivity index (χ2v) is 5.36. The van der Waals surface area contributed by atoms with E-state index in [0.29, 0.717) is 18.0 Å². The number of amides is 1. The summed E-state index contributed by atoms with van der Waals surface area (Å²) < 4.78 is 16.2. The lowest BCUT2D eigenvalue weighted by Crippen LogP contribution is -2.28. The highest BCUT2D eigenvalue weighted by atomic mass is 16.5. The van der Waals surface area contributed by atoms with Gasteiger partial charge >= 0.3 is 0 Å². The van der Waals surface area contributed by atoms with Gasteiger partial charge in [0.1, 0.15) is 5.75 Å². The van der Waals surface area contributed by atoms with Crippen molar-refractivity contribution in [2.75, 3.05) is 20.8 Å². The third-order valence-corrected chi connectivity index (χ3v) is 3.64. The second kappa shape index (κ2) is 9.37. The van der Waals surface area contributed by atoms with Gasteiger partial charge < -0.3 is 19.5 Å². The molecule has 0 spiro atoms. The Bertz CT molecular complexity index is 727. The minimum absolute atomic E-state index is 0.0910. The standard InChI is InChI=1S/C20H23NO4/c1-4-7-15-10-11-18(19(12-15)24-3)25-14-20(22)21-13-16-8-5-6-9-17(16)23-2/h4-6,8-12H,1,7,13-14H2,2-3H3,(H,21,22). The highest BCUT2D eigenvalue weighted by Crippen LogP contribution is 2.28. The van der Waals surface area contributed by atoms with Crippen molar-refractivity contribution in [3.05, 3.63) is 66.2 Å². The summed E-state index contributed by atoms with van der Waals surface area (Å²) in [6.45, 7) is 4.00. The van der Waals surface area contributed by atoms with E-state index < -0.39 is 0 Å². The summed E-state index contributed by atoms with van der Waals surface area (Å²) in [5, 5.41) is 2.82. The lowest BCUT2D eigenvalue weighted by molar-refractivity contribution is -0.123. The highest BCUT2D eigenvalue weighted by Gasteiger charge is 2.09. The Morgan fingerprint density at radius 1 is 1.08 bits per heavy atom. The van der Waals surface area contributed by atoms with Gasteiger partial charge in [-0.2, -0.15) is 0 Å². The van der Waals surface area contributed by atoms with E-state index in [1.54, 1.807) is 20.3 Å². The van der Waals surface area contributed by atoms with Crippen molar-refractivity contribution in [3.8, 4) is 17.2 Å². The van der Waals surface area contributed by atoms with E-state index in [9.17, 15) is 4.79 Å². The van der Waals surface area contributed by atoms with Crippen molar-refractivity contribution in [1.29, 1.82) is 0 Å². The number of nitrogens with one attached hydrogen (secondary N) is 1. The van der Waals surface area contributed by atoms with Gasteiger partial charge in [0.05, 0.1) is 14.2 Å². The summed E-state index contributed by atoms with van der Waals surface area (Å²) in [6, 6.07) is 13.1. The summed E-state index contributed by atoms with van der Waals surface area (Å²) in [5.74, 6) is 1.64. The van der Waals surface area contributed by atoms with E-state index in [1.165, 1.54) is 0 Å². The van der Waals surface area contributed by atoms with Crippen LogP contribution >= 0.6 is 0 Å². The van der Waals surface area contributed by atoms with Gasteiger partial charge in [-0.05, 0) is 30.2 Å². The molecule has 2 rings (SSSR count). The largest absolute Gasteiger partial charge is 0.496 e. The summed E-state index contributed by atoms with van der Waals surface area (Å²) >= 11 is 0. The Labute approximate surface area is 148 Å². The van der Waals surface area contributed by atoms with E-state index in [4.69, 9.17) is 14.2 Å². The molecular formula is C20H23NO4. The molecule has 0 saturated carbocycles. The molecule has 2 aromatic rings. The molecular weight excluding hydrogens is 318 g/mol. The molecule has 0 aliphatic carbocycles. The zero-order chi connectivity index (χ0) is 18.1. The summed E-state index contributed by atoms with van der Waals surface area (Å²) in [6.07, 6.45) is 2.57. The van der Waals surface area contributed by atoms with E-state index in [0.717, 1.165) is 23.3 Å². The molecule has 25 heavy (non-hydrogen) atoms. The zero-order valence-corrected chi connectivity index (χ0v) is 14.6. The average molecular weight is 341 g/mol. The third-order valence-electron chi connectivity index (χ3n) is 3.64. The first-order chi connectivity index (χ1) is 12.2. The third kappa shape index (κ3) is 5.28. The SMILES string of the molecule is C=CCc1ccc(OCC(=O)NCc2ccccc2OC)c(OC)c1. The van der Waals surface area contributed by atoms with E-state index in [2.05, 4.69) is 11.9 Å². The number of benzene rings is 2. The van der Waals surface area contributed by atoms with Crippen LogP contribution in [0.4, 0.5) is 0 Å². The number of ether oxygens (including phenoxy) is 3. The van der Waals surface area contributed by atoms with Crippen LogP contribution in [0.15, 0.2) is 55.1 Å². The first-order valence-electron chi connectivity index (χ1n) is 7.97. The summed E-state index contributed by atoms with van der Waals surface area (Å²) in [4.78, 5) is 12.0. The molecule has 5 heteroatoms. The molecule has 1 amide bonds. The maximum Gasteiger partial charge on any atom is 0.258 e. The number of allylic oxidation sites excluding steroid dienone is 1. The van der Waals surface area contributed by atoms with Crippen molar-refractivity contribution in [3.63, 3.8) is 0 Å². The molecule has 0 fully saturated rings. The van der Waals surface area contributed by atoms with Crippen LogP contribution in [0.25, 0.3) is 0 Å². The highest BCUT2D eigenvalue weighted by molar-refractivity contribution is 5.77. The molecule has 0 unspecified atom stereocenters. The summed E-state index contributed by atoms with van der Waals surface area (Å²) in [7, 11) is 3.17. The lowest BCUT2D eigenvalue weighted by atomic mass is 10.1. The molecule has 0 aliphatic rings. The fourth-order valence-electron chi connectivity index (χ4n) is 2.36. The Balaban J connectivity index is 1.90. The van der Waals surface area contributed by atoms with Gasteiger partial charge in [-0.3, -0.25) is 4.79 Å². The molecule has 132 valence electrons. The molecule has 1 N–H and O–H groups in total. The molecule has 0 aromatic heterocycles. The number of hydrogen-bond donors (Lipinski definition) is 1. The van der Waals surface area contributed by atoms with Crippen LogP contribution in [0.3, 0.4) is 0 Å². The monoisotopic (exact) mass is 341 g/mol. The molecule has 0 aliphatic heterocycles. The first-order valence-corrected chi connectivity index (χ1v) is 7.97. The predicted octanol–water partition coefficient (Wildman–Crippen LogP) is 3.13. The lowest BCUT2D eigenvalue weighted by Gasteiger charge is -2.13. The van der Waals surface area contributed by atoms with E-state index in [1.807, 2.05) is 42.5 Å². The van der Waals surface area contributed by atoms with Crippen LogP contribution < -0.4 is 19.5 Å². The quantitative estimate of drug-likeness (QED) is 0.712. The topological polar surface area (TPSA) is 56.8 Å². The first kappa shape index (κ1) is 18.4. The van der Waals surface area contributed by atoms with Crippen molar-refractivity contribution < 1.29 is 19.0 Å². The summed E-state index contributed by atoms with van der Waals surface area (Å²) in [5.41, 5.74) is 1.98. The van der Waals surface area contributed by atoms with Crippen LogP contribution in [-0.4, -0.2) is 26.7 Å². The average Bonchev–Trinajstić information content (AvgIpc) is 2.65. The van der Waals surface area contributed by atoms with Crippen LogP contribution in [0, 0.1) is 0 Å². The van der Waals surface area contributed by atoms with Crippen molar-refractivity contribution in [2.45, 2.75) is 13.0 Å². The minimum atomic E-state index is -0.219. The van der Waals surface area contributed by atoms with Crippen LogP contribution in [0.1, 0.15) is 11.1 Å². The van der Waals surface area contributed by atoms with Gasteiger partial charge in [0, 0.05) is 12.1 Å². The molecule has 0 bridgehead atoms. The predicted molar refractivity (Wildman–Crippen MR) is 97.2 cm³/mol. The number of carbonyl (C=O) groups excluding carboxylic acids is 1. The Kier molecular flexibility index (Phi) is 6.89. The van der Waals surface area contributed by atoms with Crippen LogP contribution in [-0.2, 0) is 17.8 Å². The fourth-order valence-corrected chi connectivity index (χ4v) is 2.36. The molecule has 2 aromatic carbocycles. The van der Waals surface area contributed by atoms with Crippen LogP contribution in [0.5, 0.6) is 17.2 Å². The van der Waals surface area contributed by atoms with Crippen molar-refractivity contribution in [2.24, 2.45) is 0 Å². The number of methoxy groups -OCH3 is 2. The fraction of sp³-hybridized carbons (Fsp3) is 0.250. The maximum atomic E-state index is 12.0. The van der Waals surface area contributed by atoms with Gasteiger partial charge in [-0.25, -0.2) is 0 Å². The molecule has 0 saturated heterocycles. The van der Waals surface area contributed by atoms with Crippen molar-refractivity contribution in [1.82, 2.24) is 5.32 Å². The van der Waals surface area contributed by atoms with Gasteiger partial charge in [0.2, 0.25) is 0 Å². The normalized spacial score (nSPS) is 10.0. The molecule has 0 radical (unpaired) electrons. The number of rotatable bonds is 9. The smallest absolute Gasteiger partial charge is 0.258 e. The molecule has 5 nitrogen and oxygen atoms in total.